The monoisotopic (exact) mass is 218 g/mol. The van der Waals surface area contributed by atoms with Gasteiger partial charge >= 0.3 is 0 Å². The SMILES string of the molecule is C=CC(C=C)=C(NC)NCC(/C=C\C)=C/C. The molecule has 0 bridgehead atoms. The lowest BCUT2D eigenvalue weighted by molar-refractivity contribution is 0.775. The van der Waals surface area contributed by atoms with Crippen LogP contribution in [-0.2, 0) is 0 Å². The summed E-state index contributed by atoms with van der Waals surface area (Å²) in [4.78, 5) is 0. The van der Waals surface area contributed by atoms with E-state index in [9.17, 15) is 0 Å². The highest BCUT2D eigenvalue weighted by molar-refractivity contribution is 5.32. The fourth-order valence-electron chi connectivity index (χ4n) is 1.28. The highest BCUT2D eigenvalue weighted by Gasteiger charge is 1.98. The molecule has 0 aliphatic rings. The first-order valence-corrected chi connectivity index (χ1v) is 5.42. The normalized spacial score (nSPS) is 11.1. The molecule has 0 aliphatic carbocycles. The number of allylic oxidation sites excluding steroid dienone is 5. The summed E-state index contributed by atoms with van der Waals surface area (Å²) in [6, 6.07) is 0. The van der Waals surface area contributed by atoms with Gasteiger partial charge in [0.15, 0.2) is 0 Å². The molecule has 0 aromatic rings. The molecule has 0 aromatic carbocycles. The molecule has 16 heavy (non-hydrogen) atoms. The first-order chi connectivity index (χ1) is 7.73. The molecule has 0 amide bonds. The van der Waals surface area contributed by atoms with Crippen molar-refractivity contribution in [3.05, 3.63) is 60.5 Å². The molecule has 2 N–H and O–H groups in total. The van der Waals surface area contributed by atoms with Crippen LogP contribution >= 0.6 is 0 Å². The molecule has 88 valence electrons. The Morgan fingerprint density at radius 1 is 1.19 bits per heavy atom. The second-order valence-corrected chi connectivity index (χ2v) is 3.21. The summed E-state index contributed by atoms with van der Waals surface area (Å²) in [5.74, 6) is 0.939. The van der Waals surface area contributed by atoms with E-state index in [1.54, 1.807) is 12.2 Å². The van der Waals surface area contributed by atoms with Gasteiger partial charge in [0.25, 0.3) is 0 Å². The molecule has 0 radical (unpaired) electrons. The Kier molecular flexibility index (Phi) is 7.68. The lowest BCUT2D eigenvalue weighted by Gasteiger charge is -2.13. The molecule has 0 spiro atoms. The molecule has 2 nitrogen and oxygen atoms in total. The van der Waals surface area contributed by atoms with E-state index in [4.69, 9.17) is 0 Å². The van der Waals surface area contributed by atoms with Crippen molar-refractivity contribution in [3.8, 4) is 0 Å². The van der Waals surface area contributed by atoms with Crippen LogP contribution in [-0.4, -0.2) is 13.6 Å². The maximum Gasteiger partial charge on any atom is 0.106 e. The van der Waals surface area contributed by atoms with Crippen molar-refractivity contribution in [2.75, 3.05) is 13.6 Å². The molecule has 0 aliphatic heterocycles. The van der Waals surface area contributed by atoms with Crippen molar-refractivity contribution in [2.24, 2.45) is 0 Å². The van der Waals surface area contributed by atoms with E-state index in [0.29, 0.717) is 0 Å². The Hall–Kier alpha value is -1.70. The Morgan fingerprint density at radius 3 is 2.19 bits per heavy atom. The topological polar surface area (TPSA) is 24.1 Å². The number of hydrogen-bond donors (Lipinski definition) is 2. The lowest BCUT2D eigenvalue weighted by Crippen LogP contribution is -2.26. The largest absolute Gasteiger partial charge is 0.374 e. The molecule has 0 saturated heterocycles. The molecule has 0 rings (SSSR count). The third-order valence-electron chi connectivity index (χ3n) is 2.20. The molecule has 0 atom stereocenters. The molecule has 0 saturated carbocycles. The van der Waals surface area contributed by atoms with Gasteiger partial charge in [-0.25, -0.2) is 0 Å². The summed E-state index contributed by atoms with van der Waals surface area (Å²) in [5, 5.41) is 6.41. The zero-order valence-electron chi connectivity index (χ0n) is 10.5. The van der Waals surface area contributed by atoms with Gasteiger partial charge in [0, 0.05) is 19.2 Å². The first kappa shape index (κ1) is 14.3. The zero-order valence-corrected chi connectivity index (χ0v) is 10.5. The van der Waals surface area contributed by atoms with Gasteiger partial charge in [-0.2, -0.15) is 0 Å². The van der Waals surface area contributed by atoms with E-state index in [0.717, 1.165) is 17.9 Å². The van der Waals surface area contributed by atoms with Crippen molar-refractivity contribution < 1.29 is 0 Å². The average molecular weight is 218 g/mol. The van der Waals surface area contributed by atoms with Crippen molar-refractivity contribution in [1.82, 2.24) is 10.6 Å². The van der Waals surface area contributed by atoms with Gasteiger partial charge < -0.3 is 10.6 Å². The van der Waals surface area contributed by atoms with Gasteiger partial charge in [0.05, 0.1) is 0 Å². The minimum atomic E-state index is 0.780. The predicted molar refractivity (Wildman–Crippen MR) is 73.1 cm³/mol. The van der Waals surface area contributed by atoms with Gasteiger partial charge in [-0.05, 0) is 19.4 Å². The van der Waals surface area contributed by atoms with Crippen molar-refractivity contribution in [2.45, 2.75) is 13.8 Å². The second kappa shape index (κ2) is 8.60. The van der Waals surface area contributed by atoms with Crippen LogP contribution in [0.15, 0.2) is 60.5 Å². The Morgan fingerprint density at radius 2 is 1.81 bits per heavy atom. The third kappa shape index (κ3) is 4.69. The van der Waals surface area contributed by atoms with E-state index < -0.39 is 0 Å². The van der Waals surface area contributed by atoms with Crippen LogP contribution in [0.2, 0.25) is 0 Å². The summed E-state index contributed by atoms with van der Waals surface area (Å²) in [7, 11) is 1.88. The Balaban J connectivity index is 4.63. The van der Waals surface area contributed by atoms with Crippen molar-refractivity contribution >= 4 is 0 Å². The molecular weight excluding hydrogens is 196 g/mol. The summed E-state index contributed by atoms with van der Waals surface area (Å²) in [6.45, 7) is 12.3. The third-order valence-corrected chi connectivity index (χ3v) is 2.20. The molecule has 2 heteroatoms. The van der Waals surface area contributed by atoms with E-state index in [2.05, 4.69) is 35.9 Å². The quantitative estimate of drug-likeness (QED) is 0.642. The van der Waals surface area contributed by atoms with E-state index in [-0.39, 0.29) is 0 Å². The van der Waals surface area contributed by atoms with Crippen LogP contribution in [0.3, 0.4) is 0 Å². The molecule has 0 fully saturated rings. The van der Waals surface area contributed by atoms with Crippen LogP contribution in [0.25, 0.3) is 0 Å². The maximum atomic E-state index is 3.75. The lowest BCUT2D eigenvalue weighted by atomic mass is 10.2. The van der Waals surface area contributed by atoms with Gasteiger partial charge in [-0.1, -0.05) is 43.5 Å². The summed E-state index contributed by atoms with van der Waals surface area (Å²) in [5.41, 5.74) is 2.21. The average Bonchev–Trinajstić information content (AvgIpc) is 2.32. The van der Waals surface area contributed by atoms with Crippen LogP contribution in [0.4, 0.5) is 0 Å². The molecular formula is C14H22N2. The van der Waals surface area contributed by atoms with Crippen LogP contribution in [0.1, 0.15) is 13.8 Å². The Labute approximate surface area is 99.1 Å². The van der Waals surface area contributed by atoms with Gasteiger partial charge in [-0.3, -0.25) is 0 Å². The highest BCUT2D eigenvalue weighted by atomic mass is 15.1. The minimum Gasteiger partial charge on any atom is -0.374 e. The van der Waals surface area contributed by atoms with Crippen LogP contribution in [0, 0.1) is 0 Å². The maximum absolute atomic E-state index is 3.75. The first-order valence-electron chi connectivity index (χ1n) is 5.42. The highest BCUT2D eigenvalue weighted by Crippen LogP contribution is 2.02. The van der Waals surface area contributed by atoms with Gasteiger partial charge in [-0.15, -0.1) is 0 Å². The number of hydrogen-bond acceptors (Lipinski definition) is 2. The Bertz CT molecular complexity index is 310. The van der Waals surface area contributed by atoms with Crippen molar-refractivity contribution in [3.63, 3.8) is 0 Å². The van der Waals surface area contributed by atoms with Crippen LogP contribution in [0.5, 0.6) is 0 Å². The fraction of sp³-hybridized carbons (Fsp3) is 0.286. The van der Waals surface area contributed by atoms with E-state index in [1.165, 1.54) is 5.57 Å². The molecule has 0 unspecified atom stereocenters. The number of rotatable bonds is 7. The van der Waals surface area contributed by atoms with Gasteiger partial charge in [0.2, 0.25) is 0 Å². The minimum absolute atomic E-state index is 0.780. The summed E-state index contributed by atoms with van der Waals surface area (Å²) in [6.07, 6.45) is 9.75. The number of nitrogens with one attached hydrogen (secondary N) is 2. The smallest absolute Gasteiger partial charge is 0.106 e. The summed E-state index contributed by atoms with van der Waals surface area (Å²) >= 11 is 0. The fourth-order valence-corrected chi connectivity index (χ4v) is 1.28. The summed E-state index contributed by atoms with van der Waals surface area (Å²) < 4.78 is 0. The van der Waals surface area contributed by atoms with Crippen molar-refractivity contribution in [1.29, 1.82) is 0 Å². The standard InChI is InChI=1S/C14H22N2/c1-6-10-12(7-2)11-16-14(15-5)13(8-3)9-4/h6-10,15-16H,3-4,11H2,1-2,5H3/b10-6-,12-7+. The van der Waals surface area contributed by atoms with E-state index >= 15 is 0 Å². The predicted octanol–water partition coefficient (Wildman–Crippen LogP) is 2.90. The van der Waals surface area contributed by atoms with Crippen LogP contribution < -0.4 is 10.6 Å². The second-order valence-electron chi connectivity index (χ2n) is 3.21. The molecule has 0 heterocycles. The van der Waals surface area contributed by atoms with Gasteiger partial charge in [0.1, 0.15) is 5.82 Å². The molecule has 0 aromatic heterocycles. The zero-order chi connectivity index (χ0) is 12.4. The van der Waals surface area contributed by atoms with E-state index in [1.807, 2.05) is 27.0 Å².